The van der Waals surface area contributed by atoms with Crippen LogP contribution < -0.4 is 42.6 Å². The quantitative estimate of drug-likeness (QED) is 0.206. The number of benzene rings is 4. The summed E-state index contributed by atoms with van der Waals surface area (Å²) in [6.45, 7) is 9.15. The third-order valence-electron chi connectivity index (χ3n) is 12.5. The van der Waals surface area contributed by atoms with Gasteiger partial charge in [0.1, 0.15) is 46.2 Å². The number of hydrogen-bond donors (Lipinski definition) is 1. The number of methoxy groups -OCH3 is 2. The summed E-state index contributed by atoms with van der Waals surface area (Å²) in [5.74, 6) is 1.96. The molecule has 6 atom stereocenters. The normalized spacial score (nSPS) is 27.7. The van der Waals surface area contributed by atoms with Crippen LogP contribution in [-0.2, 0) is 9.53 Å². The molecule has 6 aliphatic rings. The molecule has 0 spiro atoms. The Labute approximate surface area is 336 Å². The highest BCUT2D eigenvalue weighted by molar-refractivity contribution is 5.86. The number of fused-ring (bicyclic) bond motifs is 5. The summed E-state index contributed by atoms with van der Waals surface area (Å²) in [6, 6.07) is 18.6. The Morgan fingerprint density at radius 1 is 0.724 bits per heavy atom. The van der Waals surface area contributed by atoms with Gasteiger partial charge in [0.25, 0.3) is 5.79 Å². The average Bonchev–Trinajstić information content (AvgIpc) is 3.87. The Kier molecular flexibility index (Phi) is 8.75. The smallest absolute Gasteiger partial charge is 0.262 e. The summed E-state index contributed by atoms with van der Waals surface area (Å²) in [7, 11) is 3.21. The molecule has 4 aromatic rings. The molecular weight excluding hydrogens is 746 g/mol. The van der Waals surface area contributed by atoms with Crippen molar-refractivity contribution < 1.29 is 57.3 Å². The summed E-state index contributed by atoms with van der Waals surface area (Å²) >= 11 is 0. The number of Topliss-reactive ketones (excluding diaryl/α,β-unsaturated/α-hetero) is 1. The van der Waals surface area contributed by atoms with Gasteiger partial charge >= 0.3 is 0 Å². The van der Waals surface area contributed by atoms with E-state index in [0.717, 1.165) is 29.8 Å². The van der Waals surface area contributed by atoms with E-state index < -0.39 is 23.0 Å². The topological polar surface area (TPSA) is 133 Å². The van der Waals surface area contributed by atoms with E-state index in [4.69, 9.17) is 47.4 Å². The molecule has 13 heteroatoms. The molecule has 13 nitrogen and oxygen atoms in total. The van der Waals surface area contributed by atoms with Crippen LogP contribution in [0.15, 0.2) is 60.7 Å². The number of aromatic hydroxyl groups is 1. The van der Waals surface area contributed by atoms with Crippen molar-refractivity contribution >= 4 is 5.78 Å². The minimum absolute atomic E-state index is 0.0104. The maximum Gasteiger partial charge on any atom is 0.262 e. The summed E-state index contributed by atoms with van der Waals surface area (Å²) in [4.78, 5) is 17.0. The number of rotatable bonds is 7. The number of phenolic OH excluding ortho intramolecular Hbond substituents is 1. The van der Waals surface area contributed by atoms with E-state index in [1.54, 1.807) is 20.3 Å². The monoisotopic (exact) mass is 793 g/mol. The van der Waals surface area contributed by atoms with E-state index in [-0.39, 0.29) is 43.2 Å². The molecule has 2 fully saturated rings. The zero-order valence-corrected chi connectivity index (χ0v) is 33.2. The van der Waals surface area contributed by atoms with Gasteiger partial charge in [-0.3, -0.25) is 9.69 Å². The second kappa shape index (κ2) is 13.8. The molecule has 5 heterocycles. The molecule has 0 radical (unpaired) electrons. The summed E-state index contributed by atoms with van der Waals surface area (Å²) in [6.07, 6.45) is 0.417. The molecule has 5 aliphatic heterocycles. The lowest BCUT2D eigenvalue weighted by molar-refractivity contribution is -0.207. The molecule has 1 N–H and O–H groups in total. The molecule has 6 unspecified atom stereocenters. The van der Waals surface area contributed by atoms with Crippen molar-refractivity contribution in [3.05, 3.63) is 82.9 Å². The summed E-state index contributed by atoms with van der Waals surface area (Å²) < 4.78 is 61.1. The Morgan fingerprint density at radius 2 is 1.36 bits per heavy atom. The fourth-order valence-electron chi connectivity index (χ4n) is 10.1. The van der Waals surface area contributed by atoms with Crippen molar-refractivity contribution in [1.82, 2.24) is 4.90 Å². The highest BCUT2D eigenvalue weighted by Gasteiger charge is 2.62. The second-order valence-corrected chi connectivity index (χ2v) is 16.8. The van der Waals surface area contributed by atoms with Gasteiger partial charge in [-0.1, -0.05) is 32.9 Å². The molecule has 10 rings (SSSR count). The summed E-state index contributed by atoms with van der Waals surface area (Å²) in [5.41, 5.74) is 2.65. The van der Waals surface area contributed by atoms with E-state index in [0.29, 0.717) is 83.4 Å². The Hall–Kier alpha value is -5.53. The van der Waals surface area contributed by atoms with Gasteiger partial charge in [-0.15, -0.1) is 0 Å². The first-order chi connectivity index (χ1) is 28.0. The van der Waals surface area contributed by atoms with Crippen LogP contribution in [0.1, 0.15) is 67.7 Å². The second-order valence-electron chi connectivity index (χ2n) is 16.8. The third-order valence-corrected chi connectivity index (χ3v) is 12.5. The van der Waals surface area contributed by atoms with Gasteiger partial charge < -0.3 is 52.5 Å². The van der Waals surface area contributed by atoms with E-state index in [1.165, 1.54) is 0 Å². The number of hydrogen-bond acceptors (Lipinski definition) is 13. The first-order valence-electron chi connectivity index (χ1n) is 19.9. The number of ketones is 1. The van der Waals surface area contributed by atoms with Crippen LogP contribution in [0.2, 0.25) is 0 Å². The predicted octanol–water partition coefficient (Wildman–Crippen LogP) is 6.99. The third kappa shape index (κ3) is 6.00. The van der Waals surface area contributed by atoms with E-state index in [9.17, 15) is 9.90 Å². The van der Waals surface area contributed by atoms with Crippen molar-refractivity contribution in [1.29, 1.82) is 0 Å². The minimum Gasteiger partial charge on any atom is -0.508 e. The zero-order valence-electron chi connectivity index (χ0n) is 33.2. The molecule has 0 bridgehead atoms. The van der Waals surface area contributed by atoms with E-state index in [1.807, 2.05) is 54.6 Å². The van der Waals surface area contributed by atoms with Gasteiger partial charge in [-0.2, -0.15) is 0 Å². The molecule has 4 aromatic carbocycles. The van der Waals surface area contributed by atoms with Crippen LogP contribution >= 0.6 is 0 Å². The van der Waals surface area contributed by atoms with Crippen LogP contribution in [0.5, 0.6) is 57.5 Å². The number of morpholine rings is 1. The van der Waals surface area contributed by atoms with Crippen LogP contribution in [0.25, 0.3) is 0 Å². The predicted molar refractivity (Wildman–Crippen MR) is 208 cm³/mol. The SMILES string of the molecule is COc1ccc(C2c3cc4c(cc3OC3(Oc5ccc(C6c7cc8c(cc7OC(N7CCOCC7)C6C)OCO8)c(O)c5)CC(C)(C)CC(=O)C23)OCO4)c(OC)c1. The van der Waals surface area contributed by atoms with Gasteiger partial charge in [-0.05, 0) is 29.7 Å². The van der Waals surface area contributed by atoms with Gasteiger partial charge in [0.15, 0.2) is 29.2 Å². The molecule has 1 saturated carbocycles. The van der Waals surface area contributed by atoms with Crippen molar-refractivity contribution in [3.8, 4) is 57.5 Å². The number of nitrogens with zero attached hydrogens (tertiary/aromatic N) is 1. The van der Waals surface area contributed by atoms with Gasteiger partial charge in [-0.25, -0.2) is 0 Å². The lowest BCUT2D eigenvalue weighted by Gasteiger charge is -2.53. The van der Waals surface area contributed by atoms with Crippen LogP contribution in [0, 0.1) is 17.3 Å². The van der Waals surface area contributed by atoms with Crippen LogP contribution in [0.3, 0.4) is 0 Å². The first kappa shape index (κ1) is 36.8. The molecule has 0 aromatic heterocycles. The lowest BCUT2D eigenvalue weighted by Crippen LogP contribution is -2.62. The zero-order chi connectivity index (χ0) is 39.9. The van der Waals surface area contributed by atoms with E-state index >= 15 is 0 Å². The fraction of sp³-hybridized carbons (Fsp3) is 0.444. The highest BCUT2D eigenvalue weighted by atomic mass is 16.7. The van der Waals surface area contributed by atoms with E-state index in [2.05, 4.69) is 25.7 Å². The van der Waals surface area contributed by atoms with Gasteiger partial charge in [0.2, 0.25) is 13.6 Å². The Bertz CT molecular complexity index is 2290. The number of phenols is 1. The Balaban J connectivity index is 1.07. The highest BCUT2D eigenvalue weighted by Crippen LogP contribution is 2.60. The maximum atomic E-state index is 14.7. The van der Waals surface area contributed by atoms with Crippen molar-refractivity contribution in [2.24, 2.45) is 17.3 Å². The molecule has 58 heavy (non-hydrogen) atoms. The van der Waals surface area contributed by atoms with Crippen LogP contribution in [0.4, 0.5) is 0 Å². The maximum absolute atomic E-state index is 14.7. The van der Waals surface area contributed by atoms with Crippen LogP contribution in [-0.4, -0.2) is 81.9 Å². The molecule has 0 amide bonds. The van der Waals surface area contributed by atoms with Crippen molar-refractivity contribution in [2.75, 3.05) is 54.1 Å². The summed E-state index contributed by atoms with van der Waals surface area (Å²) in [5, 5.41) is 12.1. The average molecular weight is 794 g/mol. The largest absolute Gasteiger partial charge is 0.508 e. The Morgan fingerprint density at radius 3 is 2.03 bits per heavy atom. The standard InChI is InChI=1S/C45H47NO12/c1-24-40(29-16-36-38(54-22-52-36)18-34(29)56-43(24)46-10-12-51-13-11-46)27-8-7-26(14-31(27)47)57-45-21-44(2,3)20-32(48)42(45)41(28-9-6-25(49-4)15-33(28)50-5)30-17-37-39(55-23-53-37)19-35(30)58-45/h6-9,14-19,24,40-43,47H,10-13,20-23H2,1-5H3. The van der Waals surface area contributed by atoms with Crippen molar-refractivity contribution in [2.45, 2.75) is 57.5 Å². The molecule has 1 aliphatic carbocycles. The number of carbonyl (C=O) groups excluding carboxylic acids is 1. The number of carbonyl (C=O) groups is 1. The molecular formula is C45H47NO12. The molecule has 304 valence electrons. The molecule has 1 saturated heterocycles. The minimum atomic E-state index is -1.49. The van der Waals surface area contributed by atoms with Gasteiger partial charge in [0, 0.05) is 90.2 Å². The van der Waals surface area contributed by atoms with Crippen molar-refractivity contribution in [3.63, 3.8) is 0 Å². The van der Waals surface area contributed by atoms with Gasteiger partial charge in [0.05, 0.1) is 27.4 Å². The first-order valence-corrected chi connectivity index (χ1v) is 19.9. The fourth-order valence-corrected chi connectivity index (χ4v) is 10.1. The number of ether oxygens (including phenoxy) is 10. The lowest BCUT2D eigenvalue weighted by atomic mass is 9.61.